The van der Waals surface area contributed by atoms with Crippen molar-refractivity contribution in [1.29, 1.82) is 0 Å². The van der Waals surface area contributed by atoms with Crippen LogP contribution < -0.4 is 21.5 Å². The van der Waals surface area contributed by atoms with Gasteiger partial charge in [-0.3, -0.25) is 9.59 Å². The lowest BCUT2D eigenvalue weighted by Gasteiger charge is -2.29. The lowest BCUT2D eigenvalue weighted by Crippen LogP contribution is -2.40. The standard InChI is InChI=1S/C20H21F6N7O3/c1-10(31-13-8-30-32-17(35)14(13)20(24,25)26)9-36-15(16(27)34)11-2-4-33(5-3-11)18-28-6-12(7-29-18)19(21,22)23/h2,6-8,10,15H,3-5,9H2,1H3,(H2,27,34)(H2,31,32,35)/t10-,15?/m0/s1. The summed E-state index contributed by atoms with van der Waals surface area (Å²) in [7, 11) is 0. The number of aromatic nitrogens is 4. The van der Waals surface area contributed by atoms with Gasteiger partial charge in [-0.1, -0.05) is 6.08 Å². The third kappa shape index (κ3) is 6.50. The van der Waals surface area contributed by atoms with Gasteiger partial charge in [0.2, 0.25) is 5.95 Å². The van der Waals surface area contributed by atoms with E-state index in [1.54, 1.807) is 16.1 Å². The number of aromatic amines is 1. The third-order valence-electron chi connectivity index (χ3n) is 5.14. The van der Waals surface area contributed by atoms with Gasteiger partial charge in [-0.2, -0.15) is 31.4 Å². The zero-order valence-corrected chi connectivity index (χ0v) is 18.7. The second-order valence-electron chi connectivity index (χ2n) is 7.89. The molecular formula is C20H21F6N7O3. The maximum absolute atomic E-state index is 13.2. The van der Waals surface area contributed by atoms with Crippen molar-refractivity contribution in [1.82, 2.24) is 20.2 Å². The Kier molecular flexibility index (Phi) is 7.86. The van der Waals surface area contributed by atoms with Gasteiger partial charge in [-0.05, 0) is 18.9 Å². The molecule has 2 aromatic rings. The van der Waals surface area contributed by atoms with Crippen LogP contribution in [0.5, 0.6) is 0 Å². The molecule has 2 atom stereocenters. The van der Waals surface area contributed by atoms with Gasteiger partial charge in [-0.15, -0.1) is 0 Å². The highest BCUT2D eigenvalue weighted by Crippen LogP contribution is 2.32. The molecule has 16 heteroatoms. The van der Waals surface area contributed by atoms with E-state index in [-0.39, 0.29) is 32.1 Å². The Bertz CT molecular complexity index is 1160. The van der Waals surface area contributed by atoms with Crippen molar-refractivity contribution in [3.05, 3.63) is 51.7 Å². The molecule has 0 radical (unpaired) electrons. The van der Waals surface area contributed by atoms with Crippen LogP contribution in [0.2, 0.25) is 0 Å². The van der Waals surface area contributed by atoms with Gasteiger partial charge >= 0.3 is 12.4 Å². The first-order valence-corrected chi connectivity index (χ1v) is 10.4. The van der Waals surface area contributed by atoms with Crippen LogP contribution in [-0.2, 0) is 21.9 Å². The first-order chi connectivity index (χ1) is 16.8. The summed E-state index contributed by atoms with van der Waals surface area (Å²) in [5, 5.41) is 7.58. The minimum atomic E-state index is -4.93. The number of anilines is 2. The summed E-state index contributed by atoms with van der Waals surface area (Å²) in [4.78, 5) is 32.6. The molecule has 1 amide bonds. The largest absolute Gasteiger partial charge is 0.423 e. The Morgan fingerprint density at radius 2 is 1.86 bits per heavy atom. The summed E-state index contributed by atoms with van der Waals surface area (Å²) in [5.74, 6) is -0.763. The average Bonchev–Trinajstić information content (AvgIpc) is 2.78. The molecule has 0 saturated heterocycles. The molecule has 0 saturated carbocycles. The number of amides is 1. The Morgan fingerprint density at radius 3 is 2.39 bits per heavy atom. The van der Waals surface area contributed by atoms with E-state index in [9.17, 15) is 35.9 Å². The van der Waals surface area contributed by atoms with Crippen LogP contribution in [0.25, 0.3) is 0 Å². The number of carbonyl (C=O) groups excluding carboxylic acids is 1. The molecular weight excluding hydrogens is 500 g/mol. The number of hydrogen-bond acceptors (Lipinski definition) is 8. The SMILES string of the molecule is C[C@@H](COC(C(N)=O)C1=CCN(c2ncc(C(F)(F)F)cn2)CC1)Nc1cn[nH]c(=O)c1C(F)(F)F. The molecule has 1 aliphatic rings. The summed E-state index contributed by atoms with van der Waals surface area (Å²) in [5.41, 5.74) is 1.53. The Morgan fingerprint density at radius 1 is 1.19 bits per heavy atom. The number of halogens is 6. The number of alkyl halides is 6. The number of nitrogens with zero attached hydrogens (tertiary/aromatic N) is 4. The van der Waals surface area contributed by atoms with E-state index in [1.165, 1.54) is 6.92 Å². The van der Waals surface area contributed by atoms with E-state index in [2.05, 4.69) is 20.4 Å². The average molecular weight is 521 g/mol. The molecule has 1 aliphatic heterocycles. The minimum Gasteiger partial charge on any atom is -0.378 e. The number of hydrogen-bond donors (Lipinski definition) is 3. The van der Waals surface area contributed by atoms with E-state index in [4.69, 9.17) is 10.5 Å². The van der Waals surface area contributed by atoms with E-state index in [1.807, 2.05) is 0 Å². The third-order valence-corrected chi connectivity index (χ3v) is 5.14. The van der Waals surface area contributed by atoms with Crippen molar-refractivity contribution in [3.63, 3.8) is 0 Å². The molecule has 196 valence electrons. The van der Waals surface area contributed by atoms with Gasteiger partial charge in [-0.25, -0.2) is 15.1 Å². The maximum atomic E-state index is 13.2. The van der Waals surface area contributed by atoms with Gasteiger partial charge in [0.1, 0.15) is 5.56 Å². The topological polar surface area (TPSA) is 139 Å². The van der Waals surface area contributed by atoms with Crippen molar-refractivity contribution >= 4 is 17.5 Å². The van der Waals surface area contributed by atoms with Crippen LogP contribution in [0.3, 0.4) is 0 Å². The van der Waals surface area contributed by atoms with E-state index in [0.717, 1.165) is 6.20 Å². The molecule has 0 bridgehead atoms. The lowest BCUT2D eigenvalue weighted by molar-refractivity contribution is -0.139. The zero-order chi connectivity index (χ0) is 26.7. The van der Waals surface area contributed by atoms with E-state index >= 15 is 0 Å². The number of carbonyl (C=O) groups is 1. The number of rotatable bonds is 8. The number of nitrogens with one attached hydrogen (secondary N) is 2. The molecule has 3 heterocycles. The smallest absolute Gasteiger partial charge is 0.378 e. The van der Waals surface area contributed by atoms with Crippen molar-refractivity contribution < 1.29 is 35.9 Å². The Hall–Kier alpha value is -3.69. The predicted octanol–water partition coefficient (Wildman–Crippen LogP) is 2.11. The Labute approximate surface area is 199 Å². The normalized spacial score (nSPS) is 16.3. The van der Waals surface area contributed by atoms with Gasteiger partial charge < -0.3 is 20.7 Å². The van der Waals surface area contributed by atoms with Gasteiger partial charge in [0.25, 0.3) is 11.5 Å². The van der Waals surface area contributed by atoms with Gasteiger partial charge in [0.05, 0.1) is 24.1 Å². The quantitative estimate of drug-likeness (QED) is 0.355. The lowest BCUT2D eigenvalue weighted by atomic mass is 10.0. The maximum Gasteiger partial charge on any atom is 0.423 e. The van der Waals surface area contributed by atoms with Crippen molar-refractivity contribution in [2.24, 2.45) is 5.73 Å². The van der Waals surface area contributed by atoms with Crippen LogP contribution >= 0.6 is 0 Å². The van der Waals surface area contributed by atoms with Gasteiger partial charge in [0, 0.05) is 31.5 Å². The molecule has 3 rings (SSSR count). The van der Waals surface area contributed by atoms with Crippen molar-refractivity contribution in [2.75, 3.05) is 29.9 Å². The highest BCUT2D eigenvalue weighted by molar-refractivity contribution is 5.82. The molecule has 0 fully saturated rings. The highest BCUT2D eigenvalue weighted by atomic mass is 19.4. The molecule has 1 unspecified atom stereocenters. The molecule has 0 aliphatic carbocycles. The summed E-state index contributed by atoms with van der Waals surface area (Å²) >= 11 is 0. The monoisotopic (exact) mass is 521 g/mol. The predicted molar refractivity (Wildman–Crippen MR) is 114 cm³/mol. The van der Waals surface area contributed by atoms with Crippen LogP contribution in [0, 0.1) is 0 Å². The van der Waals surface area contributed by atoms with Crippen LogP contribution in [-0.4, -0.2) is 57.9 Å². The molecule has 0 spiro atoms. The Balaban J connectivity index is 1.63. The zero-order valence-electron chi connectivity index (χ0n) is 18.7. The summed E-state index contributed by atoms with van der Waals surface area (Å²) in [6, 6.07) is -0.780. The fourth-order valence-electron chi connectivity index (χ4n) is 3.44. The second-order valence-corrected chi connectivity index (χ2v) is 7.89. The van der Waals surface area contributed by atoms with Crippen molar-refractivity contribution in [3.8, 4) is 0 Å². The number of ether oxygens (including phenoxy) is 1. The number of nitrogens with two attached hydrogens (primary N) is 1. The minimum absolute atomic E-state index is 0.0691. The summed E-state index contributed by atoms with van der Waals surface area (Å²) in [6.45, 7) is 1.64. The molecule has 2 aromatic heterocycles. The first kappa shape index (κ1) is 26.9. The molecule has 10 nitrogen and oxygen atoms in total. The highest BCUT2D eigenvalue weighted by Gasteiger charge is 2.38. The van der Waals surface area contributed by atoms with E-state index < -0.39 is 52.8 Å². The summed E-state index contributed by atoms with van der Waals surface area (Å²) in [6.07, 6.45) is -6.68. The fraction of sp³-hybridized carbons (Fsp3) is 0.450. The second kappa shape index (κ2) is 10.5. The van der Waals surface area contributed by atoms with Gasteiger partial charge in [0.15, 0.2) is 6.10 Å². The first-order valence-electron chi connectivity index (χ1n) is 10.4. The summed E-state index contributed by atoms with van der Waals surface area (Å²) < 4.78 is 83.2. The van der Waals surface area contributed by atoms with E-state index in [0.29, 0.717) is 18.0 Å². The molecule has 4 N–H and O–H groups in total. The van der Waals surface area contributed by atoms with Crippen LogP contribution in [0.1, 0.15) is 24.5 Å². The molecule has 0 aromatic carbocycles. The van der Waals surface area contributed by atoms with Crippen molar-refractivity contribution in [2.45, 2.75) is 37.8 Å². The van der Waals surface area contributed by atoms with Crippen LogP contribution in [0.15, 0.2) is 35.0 Å². The number of H-pyrrole nitrogens is 1. The number of primary amides is 1. The fourth-order valence-corrected chi connectivity index (χ4v) is 3.44. The van der Waals surface area contributed by atoms with Crippen LogP contribution in [0.4, 0.5) is 38.0 Å². The molecule has 36 heavy (non-hydrogen) atoms.